The van der Waals surface area contributed by atoms with Crippen molar-refractivity contribution in [2.75, 3.05) is 5.32 Å². The molecule has 0 bridgehead atoms. The monoisotopic (exact) mass is 366 g/mol. The van der Waals surface area contributed by atoms with E-state index in [0.29, 0.717) is 27.1 Å². The summed E-state index contributed by atoms with van der Waals surface area (Å²) in [5.41, 5.74) is 1.05. The summed E-state index contributed by atoms with van der Waals surface area (Å²) in [4.78, 5) is 16.1. The van der Waals surface area contributed by atoms with E-state index in [1.807, 2.05) is 0 Å². The molecule has 0 aliphatic carbocycles. The van der Waals surface area contributed by atoms with Crippen LogP contribution in [0.2, 0.25) is 15.2 Å². The standard InChI is InChI=1S/C16H9Cl3N2O2/c17-9-3-4-10(11(18)8-9)13-5-6-14(23-13)16(22)21-12-2-1-7-20-15(12)19/h1-8H,(H,21,22). The Morgan fingerprint density at radius 1 is 1.09 bits per heavy atom. The molecule has 0 spiro atoms. The predicted octanol–water partition coefficient (Wildman–Crippen LogP) is 5.55. The fraction of sp³-hybridized carbons (Fsp3) is 0. The van der Waals surface area contributed by atoms with Gasteiger partial charge in [-0.15, -0.1) is 0 Å². The number of aromatic nitrogens is 1. The molecule has 0 saturated carbocycles. The maximum absolute atomic E-state index is 12.2. The molecule has 0 unspecified atom stereocenters. The van der Waals surface area contributed by atoms with Gasteiger partial charge in [0.25, 0.3) is 5.91 Å². The zero-order chi connectivity index (χ0) is 16.4. The molecule has 0 aliphatic heterocycles. The largest absolute Gasteiger partial charge is 0.451 e. The van der Waals surface area contributed by atoms with Gasteiger partial charge in [-0.3, -0.25) is 4.79 Å². The van der Waals surface area contributed by atoms with E-state index >= 15 is 0 Å². The maximum Gasteiger partial charge on any atom is 0.291 e. The lowest BCUT2D eigenvalue weighted by Gasteiger charge is -2.04. The summed E-state index contributed by atoms with van der Waals surface area (Å²) in [6, 6.07) is 11.6. The van der Waals surface area contributed by atoms with Crippen molar-refractivity contribution < 1.29 is 9.21 Å². The van der Waals surface area contributed by atoms with Crippen molar-refractivity contribution in [2.45, 2.75) is 0 Å². The van der Waals surface area contributed by atoms with Crippen molar-refractivity contribution in [1.82, 2.24) is 4.98 Å². The zero-order valence-corrected chi connectivity index (χ0v) is 13.8. The summed E-state index contributed by atoms with van der Waals surface area (Å²) in [5.74, 6) is 0.163. The van der Waals surface area contributed by atoms with Crippen LogP contribution in [0.4, 0.5) is 5.69 Å². The number of carbonyl (C=O) groups is 1. The minimum Gasteiger partial charge on any atom is -0.451 e. The van der Waals surface area contributed by atoms with E-state index in [0.717, 1.165) is 0 Å². The Labute approximate surface area is 147 Å². The smallest absolute Gasteiger partial charge is 0.291 e. The molecule has 1 aromatic carbocycles. The molecule has 3 rings (SSSR count). The van der Waals surface area contributed by atoms with Crippen LogP contribution in [0.1, 0.15) is 10.6 Å². The van der Waals surface area contributed by atoms with Gasteiger partial charge in [0.05, 0.1) is 10.7 Å². The lowest BCUT2D eigenvalue weighted by Crippen LogP contribution is -2.11. The molecule has 23 heavy (non-hydrogen) atoms. The highest BCUT2D eigenvalue weighted by molar-refractivity contribution is 6.36. The van der Waals surface area contributed by atoms with E-state index in [2.05, 4.69) is 10.3 Å². The number of anilines is 1. The molecule has 0 radical (unpaired) electrons. The average molecular weight is 368 g/mol. The maximum atomic E-state index is 12.2. The molecule has 4 nitrogen and oxygen atoms in total. The Morgan fingerprint density at radius 3 is 2.65 bits per heavy atom. The van der Waals surface area contributed by atoms with E-state index in [4.69, 9.17) is 39.2 Å². The molecule has 2 heterocycles. The first-order chi connectivity index (χ1) is 11.0. The van der Waals surface area contributed by atoms with Gasteiger partial charge in [0.1, 0.15) is 5.76 Å². The summed E-state index contributed by atoms with van der Waals surface area (Å²) in [6.07, 6.45) is 1.53. The van der Waals surface area contributed by atoms with Crippen molar-refractivity contribution in [3.63, 3.8) is 0 Å². The van der Waals surface area contributed by atoms with E-state index in [-0.39, 0.29) is 10.9 Å². The Hall–Kier alpha value is -2.01. The van der Waals surface area contributed by atoms with Crippen LogP contribution in [0.5, 0.6) is 0 Å². The number of amides is 1. The number of furan rings is 1. The highest BCUT2D eigenvalue weighted by Gasteiger charge is 2.15. The van der Waals surface area contributed by atoms with Gasteiger partial charge in [-0.25, -0.2) is 4.98 Å². The molecule has 7 heteroatoms. The van der Waals surface area contributed by atoms with Crippen LogP contribution in [0, 0.1) is 0 Å². The zero-order valence-electron chi connectivity index (χ0n) is 11.5. The number of carbonyl (C=O) groups excluding carboxylic acids is 1. The number of hydrogen-bond acceptors (Lipinski definition) is 3. The number of nitrogens with one attached hydrogen (secondary N) is 1. The molecule has 0 aliphatic rings. The first-order valence-electron chi connectivity index (χ1n) is 6.52. The highest BCUT2D eigenvalue weighted by Crippen LogP contribution is 2.31. The van der Waals surface area contributed by atoms with Crippen molar-refractivity contribution in [3.05, 3.63) is 69.6 Å². The molecule has 3 aromatic rings. The van der Waals surface area contributed by atoms with E-state index in [9.17, 15) is 4.79 Å². The number of benzene rings is 1. The third-order valence-electron chi connectivity index (χ3n) is 3.03. The third kappa shape index (κ3) is 3.50. The van der Waals surface area contributed by atoms with E-state index < -0.39 is 5.91 Å². The van der Waals surface area contributed by atoms with Crippen LogP contribution >= 0.6 is 34.8 Å². The number of halogens is 3. The number of nitrogens with zero attached hydrogens (tertiary/aromatic N) is 1. The molecule has 0 fully saturated rings. The van der Waals surface area contributed by atoms with Gasteiger partial charge < -0.3 is 9.73 Å². The van der Waals surface area contributed by atoms with Crippen LogP contribution < -0.4 is 5.32 Å². The quantitative estimate of drug-likeness (QED) is 0.617. The fourth-order valence-corrected chi connectivity index (χ4v) is 2.63. The summed E-state index contributed by atoms with van der Waals surface area (Å²) in [5, 5.41) is 3.80. The Balaban J connectivity index is 1.84. The molecular formula is C16H9Cl3N2O2. The van der Waals surface area contributed by atoms with Crippen LogP contribution in [0.25, 0.3) is 11.3 Å². The average Bonchev–Trinajstić information content (AvgIpc) is 2.99. The highest BCUT2D eigenvalue weighted by atomic mass is 35.5. The normalized spacial score (nSPS) is 10.6. The molecule has 0 saturated heterocycles. The third-order valence-corrected chi connectivity index (χ3v) is 3.88. The Kier molecular flexibility index (Phi) is 4.57. The topological polar surface area (TPSA) is 55.1 Å². The summed E-state index contributed by atoms with van der Waals surface area (Å²) < 4.78 is 5.56. The van der Waals surface area contributed by atoms with Gasteiger partial charge >= 0.3 is 0 Å². The van der Waals surface area contributed by atoms with Crippen LogP contribution in [-0.2, 0) is 0 Å². The van der Waals surface area contributed by atoms with Crippen LogP contribution in [0.3, 0.4) is 0 Å². The minimum atomic E-state index is -0.434. The van der Waals surface area contributed by atoms with Gasteiger partial charge in [-0.1, -0.05) is 34.8 Å². The number of hydrogen-bond donors (Lipinski definition) is 1. The van der Waals surface area contributed by atoms with Crippen LogP contribution in [0.15, 0.2) is 53.1 Å². The van der Waals surface area contributed by atoms with Gasteiger partial charge in [0.2, 0.25) is 0 Å². The van der Waals surface area contributed by atoms with Gasteiger partial charge in [0, 0.05) is 16.8 Å². The van der Waals surface area contributed by atoms with E-state index in [1.54, 1.807) is 42.5 Å². The Bertz CT molecular complexity index is 877. The van der Waals surface area contributed by atoms with E-state index in [1.165, 1.54) is 6.20 Å². The second-order valence-electron chi connectivity index (χ2n) is 4.58. The Morgan fingerprint density at radius 2 is 1.91 bits per heavy atom. The van der Waals surface area contributed by atoms with Crippen molar-refractivity contribution in [3.8, 4) is 11.3 Å². The summed E-state index contributed by atoms with van der Waals surface area (Å²) in [6.45, 7) is 0. The SMILES string of the molecule is O=C(Nc1cccnc1Cl)c1ccc(-c2ccc(Cl)cc2Cl)o1. The van der Waals surface area contributed by atoms with Gasteiger partial charge in [-0.05, 0) is 42.5 Å². The summed E-state index contributed by atoms with van der Waals surface area (Å²) >= 11 is 17.9. The predicted molar refractivity (Wildman–Crippen MR) is 91.4 cm³/mol. The lowest BCUT2D eigenvalue weighted by atomic mass is 10.2. The fourth-order valence-electron chi connectivity index (χ4n) is 1.96. The first-order valence-corrected chi connectivity index (χ1v) is 7.65. The number of pyridine rings is 1. The lowest BCUT2D eigenvalue weighted by molar-refractivity contribution is 0.0997. The van der Waals surface area contributed by atoms with Crippen LogP contribution in [-0.4, -0.2) is 10.9 Å². The van der Waals surface area contributed by atoms with Gasteiger partial charge in [-0.2, -0.15) is 0 Å². The minimum absolute atomic E-state index is 0.130. The first kappa shape index (κ1) is 15.9. The molecular weight excluding hydrogens is 359 g/mol. The van der Waals surface area contributed by atoms with Crippen molar-refractivity contribution in [2.24, 2.45) is 0 Å². The number of rotatable bonds is 3. The molecule has 0 atom stereocenters. The van der Waals surface area contributed by atoms with Crippen molar-refractivity contribution >= 4 is 46.4 Å². The summed E-state index contributed by atoms with van der Waals surface area (Å²) in [7, 11) is 0. The molecule has 1 amide bonds. The van der Waals surface area contributed by atoms with Crippen molar-refractivity contribution in [1.29, 1.82) is 0 Å². The van der Waals surface area contributed by atoms with Gasteiger partial charge in [0.15, 0.2) is 10.9 Å². The molecule has 116 valence electrons. The second-order valence-corrected chi connectivity index (χ2v) is 5.79. The molecule has 2 aromatic heterocycles. The molecule has 1 N–H and O–H groups in total. The second kappa shape index (κ2) is 6.62.